The maximum atomic E-state index is 9.97. The summed E-state index contributed by atoms with van der Waals surface area (Å²) in [6.45, 7) is 7.21. The first-order valence-electron chi connectivity index (χ1n) is 8.82. The molecule has 0 radical (unpaired) electrons. The second-order valence-corrected chi connectivity index (χ2v) is 6.64. The van der Waals surface area contributed by atoms with Gasteiger partial charge in [-0.05, 0) is 37.0 Å². The normalized spacial score (nSPS) is 12.3. The molecule has 0 bridgehead atoms. The van der Waals surface area contributed by atoms with Gasteiger partial charge in [0.05, 0.1) is 14.2 Å². The number of nitrogens with one attached hydrogen (secondary N) is 2. The molecule has 0 saturated carbocycles. The average molecular weight is 479 g/mol. The van der Waals surface area contributed by atoms with Crippen LogP contribution in [0.3, 0.4) is 0 Å². The quantitative estimate of drug-likeness (QED) is 0.285. The van der Waals surface area contributed by atoms with Crippen molar-refractivity contribution in [2.24, 2.45) is 10.9 Å². The molecule has 1 unspecified atom stereocenters. The van der Waals surface area contributed by atoms with Crippen molar-refractivity contribution in [2.75, 3.05) is 21.3 Å². The molecule has 0 aliphatic rings. The lowest BCUT2D eigenvalue weighted by molar-refractivity contribution is 0.339. The lowest BCUT2D eigenvalue weighted by Gasteiger charge is -2.19. The summed E-state index contributed by atoms with van der Waals surface area (Å²) in [4.78, 5) is 4.27. The van der Waals surface area contributed by atoms with Crippen molar-refractivity contribution in [1.29, 1.82) is 0 Å². The Labute approximate surface area is 174 Å². The van der Waals surface area contributed by atoms with E-state index in [0.717, 1.165) is 23.9 Å². The summed E-state index contributed by atoms with van der Waals surface area (Å²) >= 11 is 0. The number of halogens is 1. The highest BCUT2D eigenvalue weighted by atomic mass is 127. The van der Waals surface area contributed by atoms with E-state index in [-0.39, 0.29) is 29.7 Å². The van der Waals surface area contributed by atoms with Crippen LogP contribution in [-0.2, 0) is 6.54 Å². The highest BCUT2D eigenvalue weighted by Crippen LogP contribution is 2.36. The van der Waals surface area contributed by atoms with Gasteiger partial charge in [-0.3, -0.25) is 4.99 Å². The topological polar surface area (TPSA) is 75.1 Å². The number of ether oxygens (including phenoxy) is 2. The number of aromatic hydroxyl groups is 1. The van der Waals surface area contributed by atoms with E-state index in [1.807, 2.05) is 0 Å². The fourth-order valence-corrected chi connectivity index (χ4v) is 2.57. The number of rotatable bonds is 9. The Morgan fingerprint density at radius 3 is 2.15 bits per heavy atom. The Morgan fingerprint density at radius 1 is 1.12 bits per heavy atom. The molecule has 1 atom stereocenters. The number of phenols is 1. The van der Waals surface area contributed by atoms with Crippen LogP contribution in [0.1, 0.15) is 45.6 Å². The highest BCUT2D eigenvalue weighted by molar-refractivity contribution is 14.0. The maximum absolute atomic E-state index is 9.97. The molecule has 0 spiro atoms. The third-order valence-electron chi connectivity index (χ3n) is 4.02. The number of phenolic OH excluding ortho intramolecular Hbond substituents is 1. The molecule has 3 N–H and O–H groups in total. The number of benzene rings is 1. The lowest BCUT2D eigenvalue weighted by Crippen LogP contribution is -2.41. The Hall–Kier alpha value is -1.38. The molecule has 0 saturated heterocycles. The van der Waals surface area contributed by atoms with Gasteiger partial charge in [0, 0.05) is 19.6 Å². The molecule has 150 valence electrons. The largest absolute Gasteiger partial charge is 0.502 e. The molecule has 26 heavy (non-hydrogen) atoms. The summed E-state index contributed by atoms with van der Waals surface area (Å²) in [7, 11) is 4.80. The fourth-order valence-electron chi connectivity index (χ4n) is 2.57. The van der Waals surface area contributed by atoms with Gasteiger partial charge in [0.25, 0.3) is 0 Å². The second kappa shape index (κ2) is 12.9. The van der Waals surface area contributed by atoms with Crippen LogP contribution in [0.2, 0.25) is 0 Å². The van der Waals surface area contributed by atoms with Gasteiger partial charge in [-0.1, -0.05) is 26.7 Å². The number of aliphatic imine (C=N–C) groups is 1. The van der Waals surface area contributed by atoms with Crippen LogP contribution in [0.4, 0.5) is 0 Å². The number of hydrogen-bond acceptors (Lipinski definition) is 4. The van der Waals surface area contributed by atoms with E-state index in [1.54, 1.807) is 19.2 Å². The van der Waals surface area contributed by atoms with E-state index in [2.05, 4.69) is 36.4 Å². The van der Waals surface area contributed by atoms with Crippen molar-refractivity contribution in [3.05, 3.63) is 17.7 Å². The van der Waals surface area contributed by atoms with Crippen molar-refractivity contribution in [2.45, 2.75) is 52.6 Å². The van der Waals surface area contributed by atoms with Crippen LogP contribution in [-0.4, -0.2) is 38.4 Å². The molecule has 0 amide bonds. The van der Waals surface area contributed by atoms with Crippen LogP contribution in [0.5, 0.6) is 17.2 Å². The first-order chi connectivity index (χ1) is 11.9. The Kier molecular flexibility index (Phi) is 12.2. The molecule has 6 nitrogen and oxygen atoms in total. The zero-order chi connectivity index (χ0) is 18.8. The van der Waals surface area contributed by atoms with Crippen molar-refractivity contribution in [3.63, 3.8) is 0 Å². The molecule has 0 aliphatic carbocycles. The number of hydrogen-bond donors (Lipinski definition) is 3. The van der Waals surface area contributed by atoms with Crippen LogP contribution >= 0.6 is 24.0 Å². The second-order valence-electron chi connectivity index (χ2n) is 6.64. The molecular formula is C19H34IN3O3. The average Bonchev–Trinajstić information content (AvgIpc) is 2.58. The van der Waals surface area contributed by atoms with Gasteiger partial charge in [-0.15, -0.1) is 24.0 Å². The minimum Gasteiger partial charge on any atom is -0.502 e. The highest BCUT2D eigenvalue weighted by Gasteiger charge is 2.12. The molecule has 0 heterocycles. The first-order valence-corrected chi connectivity index (χ1v) is 8.82. The Balaban J connectivity index is 0.00000625. The zero-order valence-electron chi connectivity index (χ0n) is 16.8. The summed E-state index contributed by atoms with van der Waals surface area (Å²) in [6.07, 6.45) is 3.56. The minimum absolute atomic E-state index is 0. The Morgan fingerprint density at radius 2 is 1.69 bits per heavy atom. The fraction of sp³-hybridized carbons (Fsp3) is 0.632. The molecule has 1 aromatic rings. The smallest absolute Gasteiger partial charge is 0.200 e. The van der Waals surface area contributed by atoms with E-state index in [9.17, 15) is 5.11 Å². The summed E-state index contributed by atoms with van der Waals surface area (Å²) < 4.78 is 10.4. The van der Waals surface area contributed by atoms with Gasteiger partial charge in [0.1, 0.15) is 0 Å². The summed E-state index contributed by atoms with van der Waals surface area (Å²) in [5, 5.41) is 16.7. The number of guanidine groups is 1. The van der Waals surface area contributed by atoms with E-state index in [1.165, 1.54) is 27.1 Å². The van der Waals surface area contributed by atoms with Crippen LogP contribution in [0.25, 0.3) is 0 Å². The van der Waals surface area contributed by atoms with Gasteiger partial charge in [-0.25, -0.2) is 0 Å². The molecule has 7 heteroatoms. The van der Waals surface area contributed by atoms with E-state index in [4.69, 9.17) is 9.47 Å². The van der Waals surface area contributed by atoms with E-state index >= 15 is 0 Å². The van der Waals surface area contributed by atoms with Gasteiger partial charge in [0.15, 0.2) is 17.5 Å². The molecular weight excluding hydrogens is 445 g/mol. The predicted molar refractivity (Wildman–Crippen MR) is 118 cm³/mol. The van der Waals surface area contributed by atoms with Crippen molar-refractivity contribution < 1.29 is 14.6 Å². The van der Waals surface area contributed by atoms with Crippen molar-refractivity contribution in [1.82, 2.24) is 10.6 Å². The molecule has 0 fully saturated rings. The monoisotopic (exact) mass is 479 g/mol. The van der Waals surface area contributed by atoms with Crippen LogP contribution < -0.4 is 20.1 Å². The minimum atomic E-state index is 0. The van der Waals surface area contributed by atoms with Crippen molar-refractivity contribution >= 4 is 29.9 Å². The lowest BCUT2D eigenvalue weighted by atomic mass is 10.0. The Bertz CT molecular complexity index is 540. The summed E-state index contributed by atoms with van der Waals surface area (Å²) in [5.41, 5.74) is 0.932. The van der Waals surface area contributed by atoms with Gasteiger partial charge in [0.2, 0.25) is 5.75 Å². The summed E-state index contributed by atoms with van der Waals surface area (Å²) in [6, 6.07) is 3.92. The van der Waals surface area contributed by atoms with Crippen molar-refractivity contribution in [3.8, 4) is 17.2 Å². The standard InChI is InChI=1S/C19H33N3O3.HI/c1-13(2)8-7-9-14(3)22-19(20-4)21-12-15-10-16(24-5)18(23)17(11-15)25-6;/h10-11,13-14,23H,7-9,12H2,1-6H3,(H2,20,21,22);1H. The van der Waals surface area contributed by atoms with E-state index < -0.39 is 0 Å². The molecule has 0 aliphatic heterocycles. The predicted octanol–water partition coefficient (Wildman–Crippen LogP) is 3.91. The van der Waals surface area contributed by atoms with E-state index in [0.29, 0.717) is 24.1 Å². The van der Waals surface area contributed by atoms with Gasteiger partial charge >= 0.3 is 0 Å². The maximum Gasteiger partial charge on any atom is 0.200 e. The van der Waals surface area contributed by atoms with Gasteiger partial charge < -0.3 is 25.2 Å². The molecule has 0 aromatic heterocycles. The van der Waals surface area contributed by atoms with Crippen LogP contribution in [0.15, 0.2) is 17.1 Å². The number of methoxy groups -OCH3 is 2. The third-order valence-corrected chi connectivity index (χ3v) is 4.02. The van der Waals surface area contributed by atoms with Gasteiger partial charge in [-0.2, -0.15) is 0 Å². The zero-order valence-corrected chi connectivity index (χ0v) is 19.1. The summed E-state index contributed by atoms with van der Waals surface area (Å²) in [5.74, 6) is 2.28. The SMILES string of the molecule is CN=C(NCc1cc(OC)c(O)c(OC)c1)NC(C)CCCC(C)C.I. The first kappa shape index (κ1) is 24.6. The number of nitrogens with zero attached hydrogens (tertiary/aromatic N) is 1. The third kappa shape index (κ3) is 8.33. The molecule has 1 rings (SSSR count). The molecule has 1 aromatic carbocycles. The van der Waals surface area contributed by atoms with Crippen LogP contribution in [0, 0.1) is 5.92 Å².